The molecular formula is C9H14F3N3O. The van der Waals surface area contributed by atoms with Crippen molar-refractivity contribution in [1.82, 2.24) is 9.78 Å². The van der Waals surface area contributed by atoms with Crippen LogP contribution in [0.3, 0.4) is 0 Å². The van der Waals surface area contributed by atoms with Crippen LogP contribution in [0.2, 0.25) is 0 Å². The summed E-state index contributed by atoms with van der Waals surface area (Å²) in [6.45, 7) is 1.48. The number of hydrogen-bond donors (Lipinski definition) is 2. The second kappa shape index (κ2) is 4.06. The van der Waals surface area contributed by atoms with Gasteiger partial charge >= 0.3 is 6.18 Å². The maximum Gasteiger partial charge on any atom is 0.424 e. The number of hydrogen-bond acceptors (Lipinski definition) is 3. The summed E-state index contributed by atoms with van der Waals surface area (Å²) in [7, 11) is 1.47. The summed E-state index contributed by atoms with van der Waals surface area (Å²) in [5, 5.41) is 13.4. The molecule has 7 heteroatoms. The Kier molecular flexibility index (Phi) is 3.30. The van der Waals surface area contributed by atoms with E-state index in [4.69, 9.17) is 5.73 Å². The monoisotopic (exact) mass is 237 g/mol. The van der Waals surface area contributed by atoms with Crippen LogP contribution in [0.25, 0.3) is 0 Å². The maximum absolute atomic E-state index is 12.9. The molecular weight excluding hydrogens is 223 g/mol. The minimum Gasteiger partial charge on any atom is -0.374 e. The molecule has 3 N–H and O–H groups in total. The lowest BCUT2D eigenvalue weighted by molar-refractivity contribution is -0.276. The normalized spacial score (nSPS) is 18.2. The Morgan fingerprint density at radius 2 is 2.12 bits per heavy atom. The van der Waals surface area contributed by atoms with Gasteiger partial charge in [-0.3, -0.25) is 4.68 Å². The standard InChI is InChI=1S/C9H14F3N3O/c1-3-6(13)8(16,9(10,11)12)7-4-5-15(2)14-7/h4-6,16H,3,13H2,1-2H3. The van der Waals surface area contributed by atoms with Crippen LogP contribution in [0.1, 0.15) is 19.0 Å². The summed E-state index contributed by atoms with van der Waals surface area (Å²) in [5.41, 5.74) is 1.79. The largest absolute Gasteiger partial charge is 0.424 e. The van der Waals surface area contributed by atoms with Crippen molar-refractivity contribution in [3.05, 3.63) is 18.0 Å². The molecule has 92 valence electrons. The lowest BCUT2D eigenvalue weighted by Crippen LogP contribution is -2.55. The summed E-state index contributed by atoms with van der Waals surface area (Å²) in [6, 6.07) is -0.328. The predicted octanol–water partition coefficient (Wildman–Crippen LogP) is 0.907. The first kappa shape index (κ1) is 13.0. The summed E-state index contributed by atoms with van der Waals surface area (Å²) in [4.78, 5) is 0. The molecule has 0 amide bonds. The lowest BCUT2D eigenvalue weighted by Gasteiger charge is -2.33. The van der Waals surface area contributed by atoms with E-state index < -0.39 is 23.5 Å². The van der Waals surface area contributed by atoms with Crippen LogP contribution < -0.4 is 5.73 Å². The average Bonchev–Trinajstić information content (AvgIpc) is 2.60. The van der Waals surface area contributed by atoms with Gasteiger partial charge in [0.25, 0.3) is 0 Å². The van der Waals surface area contributed by atoms with E-state index >= 15 is 0 Å². The summed E-state index contributed by atoms with van der Waals surface area (Å²) in [5.74, 6) is 0. The van der Waals surface area contributed by atoms with Gasteiger partial charge in [-0.05, 0) is 12.5 Å². The van der Waals surface area contributed by atoms with Crippen LogP contribution in [0, 0.1) is 0 Å². The first-order valence-corrected chi connectivity index (χ1v) is 4.78. The van der Waals surface area contributed by atoms with Crippen molar-refractivity contribution in [1.29, 1.82) is 0 Å². The number of nitrogens with two attached hydrogens (primary N) is 1. The van der Waals surface area contributed by atoms with E-state index in [1.807, 2.05) is 0 Å². The van der Waals surface area contributed by atoms with E-state index in [1.165, 1.54) is 24.9 Å². The van der Waals surface area contributed by atoms with Crippen molar-refractivity contribution >= 4 is 0 Å². The Bertz CT molecular complexity index is 363. The fraction of sp³-hybridized carbons (Fsp3) is 0.667. The highest BCUT2D eigenvalue weighted by Crippen LogP contribution is 2.40. The van der Waals surface area contributed by atoms with Crippen LogP contribution in [0.15, 0.2) is 12.3 Å². The second-order valence-electron chi connectivity index (χ2n) is 3.65. The number of halogens is 3. The van der Waals surface area contributed by atoms with E-state index in [-0.39, 0.29) is 6.42 Å². The Labute approximate surface area is 90.9 Å². The third kappa shape index (κ3) is 1.92. The minimum atomic E-state index is -4.85. The molecule has 0 saturated carbocycles. The molecule has 0 aliphatic rings. The van der Waals surface area contributed by atoms with E-state index in [2.05, 4.69) is 5.10 Å². The molecule has 16 heavy (non-hydrogen) atoms. The highest BCUT2D eigenvalue weighted by molar-refractivity contribution is 5.17. The molecule has 1 aromatic heterocycles. The fourth-order valence-electron chi connectivity index (χ4n) is 1.46. The van der Waals surface area contributed by atoms with Crippen LogP contribution >= 0.6 is 0 Å². The number of alkyl halides is 3. The Morgan fingerprint density at radius 3 is 2.44 bits per heavy atom. The van der Waals surface area contributed by atoms with Gasteiger partial charge in [0.1, 0.15) is 5.69 Å². The third-order valence-corrected chi connectivity index (χ3v) is 2.51. The summed E-state index contributed by atoms with van der Waals surface area (Å²) < 4.78 is 39.8. The third-order valence-electron chi connectivity index (χ3n) is 2.51. The number of rotatable bonds is 3. The number of aryl methyl sites for hydroxylation is 1. The number of nitrogens with zero attached hydrogens (tertiary/aromatic N) is 2. The molecule has 0 saturated heterocycles. The van der Waals surface area contributed by atoms with Crippen LogP contribution in [0.4, 0.5) is 13.2 Å². The second-order valence-corrected chi connectivity index (χ2v) is 3.65. The molecule has 0 aliphatic carbocycles. The van der Waals surface area contributed by atoms with Crippen molar-refractivity contribution < 1.29 is 18.3 Å². The van der Waals surface area contributed by atoms with Gasteiger partial charge in [-0.25, -0.2) is 0 Å². The Hall–Kier alpha value is -1.08. The first-order valence-electron chi connectivity index (χ1n) is 4.78. The molecule has 2 atom stereocenters. The van der Waals surface area contributed by atoms with Gasteiger partial charge in [0, 0.05) is 19.3 Å². The van der Waals surface area contributed by atoms with Crippen LogP contribution in [-0.2, 0) is 12.6 Å². The fourth-order valence-corrected chi connectivity index (χ4v) is 1.46. The molecule has 4 nitrogen and oxygen atoms in total. The minimum absolute atomic E-state index is 0.00736. The summed E-state index contributed by atoms with van der Waals surface area (Å²) >= 11 is 0. The van der Waals surface area contributed by atoms with Gasteiger partial charge in [0.05, 0.1) is 0 Å². The molecule has 0 aliphatic heterocycles. The van der Waals surface area contributed by atoms with Gasteiger partial charge in [-0.15, -0.1) is 0 Å². The van der Waals surface area contributed by atoms with Crippen LogP contribution in [-0.4, -0.2) is 27.1 Å². The lowest BCUT2D eigenvalue weighted by atomic mass is 9.89. The first-order chi connectivity index (χ1) is 7.23. The molecule has 0 aromatic carbocycles. The molecule has 0 fully saturated rings. The molecule has 1 aromatic rings. The highest BCUT2D eigenvalue weighted by atomic mass is 19.4. The highest BCUT2D eigenvalue weighted by Gasteiger charge is 2.59. The number of aliphatic hydroxyl groups is 1. The summed E-state index contributed by atoms with van der Waals surface area (Å²) in [6.07, 6.45) is -3.53. The molecule has 2 unspecified atom stereocenters. The van der Waals surface area contributed by atoms with E-state index in [0.717, 1.165) is 6.07 Å². The van der Waals surface area contributed by atoms with Crippen molar-refractivity contribution in [2.45, 2.75) is 31.2 Å². The van der Waals surface area contributed by atoms with E-state index in [0.29, 0.717) is 0 Å². The van der Waals surface area contributed by atoms with Gasteiger partial charge in [-0.1, -0.05) is 6.92 Å². The number of aromatic nitrogens is 2. The molecule has 0 bridgehead atoms. The van der Waals surface area contributed by atoms with Gasteiger partial charge in [-0.2, -0.15) is 18.3 Å². The van der Waals surface area contributed by atoms with Gasteiger partial charge < -0.3 is 10.8 Å². The predicted molar refractivity (Wildman–Crippen MR) is 51.4 cm³/mol. The van der Waals surface area contributed by atoms with Crippen molar-refractivity contribution in [3.8, 4) is 0 Å². The van der Waals surface area contributed by atoms with E-state index in [1.54, 1.807) is 0 Å². The van der Waals surface area contributed by atoms with Crippen molar-refractivity contribution in [2.75, 3.05) is 0 Å². The Balaban J connectivity index is 3.25. The quantitative estimate of drug-likeness (QED) is 0.821. The SMILES string of the molecule is CCC(N)C(O)(c1ccn(C)n1)C(F)(F)F. The molecule has 1 heterocycles. The van der Waals surface area contributed by atoms with Crippen molar-refractivity contribution in [3.63, 3.8) is 0 Å². The smallest absolute Gasteiger partial charge is 0.374 e. The zero-order valence-electron chi connectivity index (χ0n) is 8.99. The molecule has 0 spiro atoms. The van der Waals surface area contributed by atoms with Gasteiger partial charge in [0.15, 0.2) is 0 Å². The van der Waals surface area contributed by atoms with Crippen LogP contribution in [0.5, 0.6) is 0 Å². The zero-order chi connectivity index (χ0) is 12.6. The van der Waals surface area contributed by atoms with Gasteiger partial charge in [0.2, 0.25) is 5.60 Å². The van der Waals surface area contributed by atoms with Crippen molar-refractivity contribution in [2.24, 2.45) is 12.8 Å². The molecule has 0 radical (unpaired) electrons. The zero-order valence-corrected chi connectivity index (χ0v) is 8.99. The maximum atomic E-state index is 12.9. The molecule has 1 rings (SSSR count). The van der Waals surface area contributed by atoms with E-state index in [9.17, 15) is 18.3 Å². The topological polar surface area (TPSA) is 64.1 Å². The average molecular weight is 237 g/mol. The Morgan fingerprint density at radius 1 is 1.56 bits per heavy atom.